The second-order valence-corrected chi connectivity index (χ2v) is 5.66. The monoisotopic (exact) mass is 353 g/mol. The summed E-state index contributed by atoms with van der Waals surface area (Å²) in [5.41, 5.74) is 0.815. The normalized spacial score (nSPS) is 12.0. The van der Waals surface area contributed by atoms with Crippen LogP contribution in [0.2, 0.25) is 0 Å². The van der Waals surface area contributed by atoms with E-state index in [1.165, 1.54) is 6.07 Å². The molecule has 110 valence electrons. The van der Waals surface area contributed by atoms with Gasteiger partial charge in [-0.2, -0.15) is 0 Å². The lowest BCUT2D eigenvalue weighted by Crippen LogP contribution is -2.28. The highest BCUT2D eigenvalue weighted by atomic mass is 79.9. The van der Waals surface area contributed by atoms with Gasteiger partial charge in [0.1, 0.15) is 11.6 Å². The number of halogens is 3. The van der Waals surface area contributed by atoms with Crippen LogP contribution in [0.25, 0.3) is 0 Å². The third-order valence-electron chi connectivity index (χ3n) is 3.04. The lowest BCUT2D eigenvalue weighted by Gasteiger charge is -2.12. The Labute approximate surface area is 130 Å². The van der Waals surface area contributed by atoms with Crippen molar-refractivity contribution in [2.45, 2.75) is 11.2 Å². The van der Waals surface area contributed by atoms with Gasteiger partial charge in [-0.3, -0.25) is 4.79 Å². The molecule has 2 rings (SSSR count). The van der Waals surface area contributed by atoms with Crippen molar-refractivity contribution < 1.29 is 13.6 Å². The van der Waals surface area contributed by atoms with Crippen molar-refractivity contribution in [1.82, 2.24) is 5.32 Å². The summed E-state index contributed by atoms with van der Waals surface area (Å²) in [6.45, 7) is 0.346. The molecule has 0 aliphatic carbocycles. The van der Waals surface area contributed by atoms with E-state index in [2.05, 4.69) is 21.2 Å². The molecule has 0 aromatic heterocycles. The topological polar surface area (TPSA) is 29.1 Å². The first-order chi connectivity index (χ1) is 10.1. The molecule has 0 bridgehead atoms. The van der Waals surface area contributed by atoms with Gasteiger partial charge in [0.15, 0.2) is 0 Å². The molecule has 0 aliphatic rings. The van der Waals surface area contributed by atoms with E-state index in [0.29, 0.717) is 6.54 Å². The van der Waals surface area contributed by atoms with Crippen LogP contribution in [0, 0.1) is 11.6 Å². The lowest BCUT2D eigenvalue weighted by molar-refractivity contribution is -0.120. The standard InChI is InChI=1S/C16H14BrF2NO/c17-13(11-5-2-1-3-6-11)10-20-16(21)9-12-14(18)7-4-8-15(12)19/h1-8,13H,9-10H2,(H,20,21). The van der Waals surface area contributed by atoms with Crippen LogP contribution in [-0.4, -0.2) is 12.5 Å². The molecule has 5 heteroatoms. The van der Waals surface area contributed by atoms with Crippen LogP contribution in [0.5, 0.6) is 0 Å². The van der Waals surface area contributed by atoms with Crippen molar-refractivity contribution >= 4 is 21.8 Å². The van der Waals surface area contributed by atoms with Crippen LogP contribution < -0.4 is 5.32 Å². The maximum atomic E-state index is 13.4. The Morgan fingerprint density at radius 1 is 1.05 bits per heavy atom. The van der Waals surface area contributed by atoms with E-state index >= 15 is 0 Å². The molecule has 1 N–H and O–H groups in total. The fourth-order valence-electron chi connectivity index (χ4n) is 1.91. The summed E-state index contributed by atoms with van der Waals surface area (Å²) in [4.78, 5) is 11.7. The van der Waals surface area contributed by atoms with E-state index in [1.54, 1.807) is 0 Å². The van der Waals surface area contributed by atoms with Gasteiger partial charge in [0.2, 0.25) is 5.91 Å². The largest absolute Gasteiger partial charge is 0.354 e. The molecule has 0 saturated heterocycles. The van der Waals surface area contributed by atoms with Crippen LogP contribution in [0.1, 0.15) is 16.0 Å². The summed E-state index contributed by atoms with van der Waals surface area (Å²) >= 11 is 3.47. The Morgan fingerprint density at radius 2 is 1.67 bits per heavy atom. The van der Waals surface area contributed by atoms with Gasteiger partial charge in [-0.05, 0) is 17.7 Å². The van der Waals surface area contributed by atoms with Crippen LogP contribution in [0.15, 0.2) is 48.5 Å². The van der Waals surface area contributed by atoms with Gasteiger partial charge in [-0.25, -0.2) is 8.78 Å². The average molecular weight is 354 g/mol. The number of carbonyl (C=O) groups excluding carboxylic acids is 1. The summed E-state index contributed by atoms with van der Waals surface area (Å²) in [6, 6.07) is 13.1. The highest BCUT2D eigenvalue weighted by Crippen LogP contribution is 2.21. The van der Waals surface area contributed by atoms with Gasteiger partial charge in [0, 0.05) is 12.1 Å². The Balaban J connectivity index is 1.91. The number of amides is 1. The Hall–Kier alpha value is -1.75. The molecule has 1 unspecified atom stereocenters. The first kappa shape index (κ1) is 15.6. The number of rotatable bonds is 5. The summed E-state index contributed by atoms with van der Waals surface area (Å²) in [6.07, 6.45) is -0.312. The minimum absolute atomic E-state index is 0.0480. The minimum Gasteiger partial charge on any atom is -0.354 e. The SMILES string of the molecule is O=C(Cc1c(F)cccc1F)NCC(Br)c1ccccc1. The van der Waals surface area contributed by atoms with Crippen molar-refractivity contribution in [3.63, 3.8) is 0 Å². The second-order valence-electron chi connectivity index (χ2n) is 4.56. The fourth-order valence-corrected chi connectivity index (χ4v) is 2.37. The first-order valence-electron chi connectivity index (χ1n) is 6.46. The molecular formula is C16H14BrF2NO. The van der Waals surface area contributed by atoms with Crippen molar-refractivity contribution in [1.29, 1.82) is 0 Å². The van der Waals surface area contributed by atoms with E-state index in [9.17, 15) is 13.6 Å². The number of carbonyl (C=O) groups is 1. The number of nitrogens with one attached hydrogen (secondary N) is 1. The summed E-state index contributed by atoms with van der Waals surface area (Å²) in [5, 5.41) is 2.66. The highest BCUT2D eigenvalue weighted by molar-refractivity contribution is 9.09. The molecule has 0 fully saturated rings. The zero-order valence-corrected chi connectivity index (χ0v) is 12.7. The number of alkyl halides is 1. The van der Waals surface area contributed by atoms with Gasteiger partial charge < -0.3 is 5.32 Å². The number of hydrogen-bond donors (Lipinski definition) is 1. The van der Waals surface area contributed by atoms with Crippen molar-refractivity contribution in [3.8, 4) is 0 Å². The van der Waals surface area contributed by atoms with Gasteiger partial charge in [-0.1, -0.05) is 52.3 Å². The smallest absolute Gasteiger partial charge is 0.224 e. The van der Waals surface area contributed by atoms with Gasteiger partial charge in [-0.15, -0.1) is 0 Å². The fraction of sp³-hybridized carbons (Fsp3) is 0.188. The predicted molar refractivity (Wildman–Crippen MR) is 81.2 cm³/mol. The molecule has 0 heterocycles. The Morgan fingerprint density at radius 3 is 2.29 bits per heavy atom. The lowest BCUT2D eigenvalue weighted by atomic mass is 10.1. The van der Waals surface area contributed by atoms with Crippen LogP contribution in [-0.2, 0) is 11.2 Å². The van der Waals surface area contributed by atoms with Crippen molar-refractivity contribution in [3.05, 3.63) is 71.3 Å². The summed E-state index contributed by atoms with van der Waals surface area (Å²) < 4.78 is 26.9. The molecule has 0 radical (unpaired) electrons. The maximum absolute atomic E-state index is 13.4. The van der Waals surface area contributed by atoms with Gasteiger partial charge in [0.05, 0.1) is 11.2 Å². The Bertz CT molecular complexity index is 599. The minimum atomic E-state index is -0.705. The second kappa shape index (κ2) is 7.31. The van der Waals surface area contributed by atoms with E-state index < -0.39 is 17.5 Å². The third-order valence-corrected chi connectivity index (χ3v) is 3.89. The predicted octanol–water partition coefficient (Wildman–Crippen LogP) is 3.76. The summed E-state index contributed by atoms with van der Waals surface area (Å²) in [7, 11) is 0. The van der Waals surface area contributed by atoms with Crippen molar-refractivity contribution in [2.24, 2.45) is 0 Å². The number of benzene rings is 2. The molecule has 21 heavy (non-hydrogen) atoms. The molecule has 0 aliphatic heterocycles. The van der Waals surface area contributed by atoms with E-state index in [0.717, 1.165) is 17.7 Å². The number of hydrogen-bond acceptors (Lipinski definition) is 1. The molecule has 2 aromatic carbocycles. The first-order valence-corrected chi connectivity index (χ1v) is 7.38. The third kappa shape index (κ3) is 4.36. The molecule has 2 aromatic rings. The van der Waals surface area contributed by atoms with Crippen LogP contribution in [0.3, 0.4) is 0 Å². The zero-order chi connectivity index (χ0) is 15.2. The van der Waals surface area contributed by atoms with E-state index in [1.807, 2.05) is 30.3 Å². The summed E-state index contributed by atoms with van der Waals surface area (Å²) in [5.74, 6) is -1.83. The molecular weight excluding hydrogens is 340 g/mol. The van der Waals surface area contributed by atoms with Crippen molar-refractivity contribution in [2.75, 3.05) is 6.54 Å². The molecule has 0 spiro atoms. The van der Waals surface area contributed by atoms with Gasteiger partial charge in [0.25, 0.3) is 0 Å². The van der Waals surface area contributed by atoms with E-state index in [4.69, 9.17) is 0 Å². The quantitative estimate of drug-likeness (QED) is 0.814. The van der Waals surface area contributed by atoms with Crippen LogP contribution >= 0.6 is 15.9 Å². The molecule has 1 amide bonds. The average Bonchev–Trinajstić information content (AvgIpc) is 2.49. The van der Waals surface area contributed by atoms with E-state index in [-0.39, 0.29) is 16.8 Å². The Kier molecular flexibility index (Phi) is 5.44. The highest BCUT2D eigenvalue weighted by Gasteiger charge is 2.14. The molecule has 1 atom stereocenters. The molecule has 0 saturated carbocycles. The van der Waals surface area contributed by atoms with Crippen LogP contribution in [0.4, 0.5) is 8.78 Å². The molecule has 2 nitrogen and oxygen atoms in total. The maximum Gasteiger partial charge on any atom is 0.224 e. The zero-order valence-electron chi connectivity index (χ0n) is 11.2. The van der Waals surface area contributed by atoms with Gasteiger partial charge >= 0.3 is 0 Å².